The van der Waals surface area contributed by atoms with Crippen LogP contribution in [0, 0.1) is 6.92 Å². The quantitative estimate of drug-likeness (QED) is 0.343. The fraction of sp³-hybridized carbons (Fsp3) is 0.350. The number of nitrogens with one attached hydrogen (secondary N) is 2. The highest BCUT2D eigenvalue weighted by molar-refractivity contribution is 14.0. The van der Waals surface area contributed by atoms with Crippen LogP contribution in [0.1, 0.15) is 16.8 Å². The van der Waals surface area contributed by atoms with E-state index in [1.54, 1.807) is 0 Å². The van der Waals surface area contributed by atoms with Crippen molar-refractivity contribution in [2.24, 2.45) is 12.0 Å². The summed E-state index contributed by atoms with van der Waals surface area (Å²) < 4.78 is 2.14. The molecule has 3 rings (SSSR count). The van der Waals surface area contributed by atoms with Crippen molar-refractivity contribution >= 4 is 40.8 Å². The molecule has 0 atom stereocenters. The maximum absolute atomic E-state index is 4.41. The van der Waals surface area contributed by atoms with Gasteiger partial charge in [0.2, 0.25) is 0 Å². The summed E-state index contributed by atoms with van der Waals surface area (Å²) in [6, 6.07) is 10.6. The average molecular weight is 465 g/mol. The SMILES string of the molecule is CN=C(NCCc1c[nH]c2c(C)cccc12)N(C)Cc1cccn1C.I. The summed E-state index contributed by atoms with van der Waals surface area (Å²) in [6.07, 6.45) is 5.15. The van der Waals surface area contributed by atoms with Gasteiger partial charge in [0.15, 0.2) is 5.96 Å². The van der Waals surface area contributed by atoms with Crippen molar-refractivity contribution in [3.63, 3.8) is 0 Å². The second-order valence-electron chi connectivity index (χ2n) is 6.50. The Bertz CT molecular complexity index is 877. The number of benzene rings is 1. The molecule has 6 heteroatoms. The van der Waals surface area contributed by atoms with Crippen LogP contribution in [-0.4, -0.2) is 41.1 Å². The second kappa shape index (κ2) is 9.12. The highest BCUT2D eigenvalue weighted by Crippen LogP contribution is 2.21. The molecule has 0 fully saturated rings. The lowest BCUT2D eigenvalue weighted by molar-refractivity contribution is 0.462. The van der Waals surface area contributed by atoms with E-state index < -0.39 is 0 Å². The van der Waals surface area contributed by atoms with Gasteiger partial charge in [0, 0.05) is 56.7 Å². The van der Waals surface area contributed by atoms with Crippen LogP contribution >= 0.6 is 24.0 Å². The van der Waals surface area contributed by atoms with Gasteiger partial charge in [-0.05, 0) is 36.6 Å². The Morgan fingerprint density at radius 2 is 2.08 bits per heavy atom. The molecular formula is C20H28IN5. The number of H-pyrrole nitrogens is 1. The second-order valence-corrected chi connectivity index (χ2v) is 6.50. The minimum absolute atomic E-state index is 0. The molecule has 0 spiro atoms. The van der Waals surface area contributed by atoms with Crippen molar-refractivity contribution in [2.75, 3.05) is 20.6 Å². The summed E-state index contributed by atoms with van der Waals surface area (Å²) in [5.74, 6) is 0.914. The lowest BCUT2D eigenvalue weighted by Crippen LogP contribution is -2.39. The van der Waals surface area contributed by atoms with Gasteiger partial charge in [-0.2, -0.15) is 0 Å². The summed E-state index contributed by atoms with van der Waals surface area (Å²) >= 11 is 0. The van der Waals surface area contributed by atoms with Crippen molar-refractivity contribution in [1.82, 2.24) is 19.8 Å². The normalized spacial score (nSPS) is 11.5. The predicted molar refractivity (Wildman–Crippen MR) is 120 cm³/mol. The zero-order valence-corrected chi connectivity index (χ0v) is 18.2. The Balaban J connectivity index is 0.00000243. The zero-order valence-electron chi connectivity index (χ0n) is 15.9. The number of aliphatic imine (C=N–C) groups is 1. The van der Waals surface area contributed by atoms with Crippen LogP contribution < -0.4 is 5.32 Å². The van der Waals surface area contributed by atoms with Gasteiger partial charge in [0.1, 0.15) is 0 Å². The molecule has 0 amide bonds. The standard InChI is InChI=1S/C20H27N5.HI/c1-15-7-5-9-18-16(13-23-19(15)18)10-11-22-20(21-2)25(4)14-17-8-6-12-24(17)3;/h5-9,12-13,23H,10-11,14H2,1-4H3,(H,21,22);1H. The molecule has 0 bridgehead atoms. The first-order valence-corrected chi connectivity index (χ1v) is 8.67. The van der Waals surface area contributed by atoms with Crippen molar-refractivity contribution in [3.05, 3.63) is 59.5 Å². The number of aromatic nitrogens is 2. The van der Waals surface area contributed by atoms with E-state index >= 15 is 0 Å². The highest BCUT2D eigenvalue weighted by atomic mass is 127. The van der Waals surface area contributed by atoms with Crippen molar-refractivity contribution in [1.29, 1.82) is 0 Å². The number of para-hydroxylation sites is 1. The molecule has 2 aromatic heterocycles. The van der Waals surface area contributed by atoms with Gasteiger partial charge in [0.25, 0.3) is 0 Å². The van der Waals surface area contributed by atoms with E-state index in [0.29, 0.717) is 0 Å². The molecule has 2 N–H and O–H groups in total. The summed E-state index contributed by atoms with van der Waals surface area (Å²) in [7, 11) is 5.97. The highest BCUT2D eigenvalue weighted by Gasteiger charge is 2.09. The average Bonchev–Trinajstić information content (AvgIpc) is 3.19. The first kappa shape index (κ1) is 20.4. The lowest BCUT2D eigenvalue weighted by Gasteiger charge is -2.22. The number of guanidine groups is 1. The Kier molecular flexibility index (Phi) is 7.14. The first-order chi connectivity index (χ1) is 12.1. The van der Waals surface area contributed by atoms with E-state index in [1.807, 2.05) is 7.05 Å². The van der Waals surface area contributed by atoms with Gasteiger partial charge in [-0.25, -0.2) is 0 Å². The fourth-order valence-corrected chi connectivity index (χ4v) is 3.24. The van der Waals surface area contributed by atoms with E-state index in [1.165, 1.54) is 27.7 Å². The van der Waals surface area contributed by atoms with Gasteiger partial charge in [-0.3, -0.25) is 4.99 Å². The van der Waals surface area contributed by atoms with Gasteiger partial charge in [-0.1, -0.05) is 18.2 Å². The Labute approximate surface area is 172 Å². The number of fused-ring (bicyclic) bond motifs is 1. The number of nitrogens with zero attached hydrogens (tertiary/aromatic N) is 3. The minimum atomic E-state index is 0. The molecule has 1 aromatic carbocycles. The fourth-order valence-electron chi connectivity index (χ4n) is 3.24. The molecule has 0 aliphatic rings. The number of hydrogen-bond donors (Lipinski definition) is 2. The van der Waals surface area contributed by atoms with Crippen molar-refractivity contribution in [3.8, 4) is 0 Å². The minimum Gasteiger partial charge on any atom is -0.361 e. The third kappa shape index (κ3) is 4.41. The third-order valence-corrected chi connectivity index (χ3v) is 4.71. The lowest BCUT2D eigenvalue weighted by atomic mass is 10.1. The van der Waals surface area contributed by atoms with Crippen molar-refractivity contribution < 1.29 is 0 Å². The van der Waals surface area contributed by atoms with E-state index in [9.17, 15) is 0 Å². The van der Waals surface area contributed by atoms with Crippen LogP contribution in [0.5, 0.6) is 0 Å². The molecular weight excluding hydrogens is 437 g/mol. The smallest absolute Gasteiger partial charge is 0.193 e. The van der Waals surface area contributed by atoms with Gasteiger partial charge in [-0.15, -0.1) is 24.0 Å². The topological polar surface area (TPSA) is 48.4 Å². The molecule has 140 valence electrons. The molecule has 0 saturated heterocycles. The number of halogens is 1. The molecule has 3 aromatic rings. The van der Waals surface area contributed by atoms with Crippen LogP contribution in [0.3, 0.4) is 0 Å². The molecule has 2 heterocycles. The first-order valence-electron chi connectivity index (χ1n) is 8.67. The predicted octanol–water partition coefficient (Wildman–Crippen LogP) is 3.68. The molecule has 0 aliphatic carbocycles. The van der Waals surface area contributed by atoms with Crippen LogP contribution in [0.2, 0.25) is 0 Å². The summed E-state index contributed by atoms with van der Waals surface area (Å²) in [4.78, 5) is 9.95. The summed E-state index contributed by atoms with van der Waals surface area (Å²) in [6.45, 7) is 3.82. The van der Waals surface area contributed by atoms with Crippen LogP contribution in [0.25, 0.3) is 10.9 Å². The van der Waals surface area contributed by atoms with Crippen molar-refractivity contribution in [2.45, 2.75) is 19.9 Å². The van der Waals surface area contributed by atoms with Gasteiger partial charge in [0.05, 0.1) is 6.54 Å². The summed E-state index contributed by atoms with van der Waals surface area (Å²) in [5, 5.41) is 4.79. The van der Waals surface area contributed by atoms with E-state index in [0.717, 1.165) is 25.5 Å². The van der Waals surface area contributed by atoms with Crippen LogP contribution in [0.15, 0.2) is 47.7 Å². The molecule has 0 aliphatic heterocycles. The number of rotatable bonds is 5. The van der Waals surface area contributed by atoms with Gasteiger partial charge < -0.3 is 19.8 Å². The Morgan fingerprint density at radius 1 is 1.27 bits per heavy atom. The van der Waals surface area contributed by atoms with Crippen LogP contribution in [-0.2, 0) is 20.0 Å². The third-order valence-electron chi connectivity index (χ3n) is 4.71. The largest absolute Gasteiger partial charge is 0.361 e. The van der Waals surface area contributed by atoms with E-state index in [4.69, 9.17) is 0 Å². The van der Waals surface area contributed by atoms with Gasteiger partial charge >= 0.3 is 0 Å². The Morgan fingerprint density at radius 3 is 2.77 bits per heavy atom. The number of aryl methyl sites for hydroxylation is 2. The molecule has 0 unspecified atom stereocenters. The number of hydrogen-bond acceptors (Lipinski definition) is 1. The Hall–Kier alpha value is -1.96. The zero-order chi connectivity index (χ0) is 17.8. The molecule has 0 radical (unpaired) electrons. The molecule has 0 saturated carbocycles. The van der Waals surface area contributed by atoms with E-state index in [2.05, 4.69) is 88.5 Å². The monoisotopic (exact) mass is 465 g/mol. The van der Waals surface area contributed by atoms with E-state index in [-0.39, 0.29) is 24.0 Å². The number of aromatic amines is 1. The maximum atomic E-state index is 4.41. The molecule has 26 heavy (non-hydrogen) atoms. The maximum Gasteiger partial charge on any atom is 0.193 e. The summed E-state index contributed by atoms with van der Waals surface area (Å²) in [5.41, 5.74) is 5.13. The van der Waals surface area contributed by atoms with Crippen LogP contribution in [0.4, 0.5) is 0 Å². The molecule has 5 nitrogen and oxygen atoms in total.